The lowest BCUT2D eigenvalue weighted by atomic mass is 9.83. The van der Waals surface area contributed by atoms with Gasteiger partial charge in [0.15, 0.2) is 0 Å². The molecule has 14 heteroatoms. The summed E-state index contributed by atoms with van der Waals surface area (Å²) in [5, 5.41) is 25.5. The summed E-state index contributed by atoms with van der Waals surface area (Å²) in [5.74, 6) is -3.35. The number of esters is 1. The number of aliphatic hydroxyl groups excluding tert-OH is 1. The Morgan fingerprint density at radius 1 is 1.05 bits per heavy atom. The van der Waals surface area contributed by atoms with E-state index in [9.17, 15) is 33.1 Å². The second-order valence-electron chi connectivity index (χ2n) is 11.4. The Balaban J connectivity index is 0.000000415. The van der Waals surface area contributed by atoms with E-state index in [-0.39, 0.29) is 41.5 Å². The van der Waals surface area contributed by atoms with Crippen LogP contribution < -0.4 is 16.0 Å². The molecule has 0 saturated carbocycles. The quantitative estimate of drug-likeness (QED) is 0.0935. The molecule has 1 aliphatic heterocycles. The first-order chi connectivity index (χ1) is 20.6. The Morgan fingerprint density at radius 3 is 2.23 bits per heavy atom. The average Bonchev–Trinajstić information content (AvgIpc) is 3.40. The van der Waals surface area contributed by atoms with Gasteiger partial charge in [-0.2, -0.15) is 0 Å². The maximum atomic E-state index is 14.0. The van der Waals surface area contributed by atoms with Gasteiger partial charge in [-0.1, -0.05) is 57.0 Å². The van der Waals surface area contributed by atoms with Crippen molar-refractivity contribution in [3.05, 3.63) is 63.1 Å². The number of halogens is 4. The van der Waals surface area contributed by atoms with Gasteiger partial charge < -0.3 is 30.9 Å². The zero-order valence-corrected chi connectivity index (χ0v) is 26.5. The van der Waals surface area contributed by atoms with Crippen molar-refractivity contribution in [2.75, 3.05) is 31.6 Å². The first-order valence-corrected chi connectivity index (χ1v) is 14.4. The molecule has 0 aromatic heterocycles. The number of amides is 2. The van der Waals surface area contributed by atoms with Crippen molar-refractivity contribution in [2.45, 2.75) is 58.5 Å². The molecular weight excluding hydrogens is 623 g/mol. The molecule has 1 saturated heterocycles. The number of hydrogen-bond acceptors (Lipinski definition) is 7. The van der Waals surface area contributed by atoms with E-state index in [1.54, 1.807) is 12.1 Å². The molecule has 1 fully saturated rings. The van der Waals surface area contributed by atoms with Crippen molar-refractivity contribution in [3.63, 3.8) is 0 Å². The van der Waals surface area contributed by atoms with Crippen LogP contribution >= 0.6 is 23.2 Å². The van der Waals surface area contributed by atoms with Gasteiger partial charge >= 0.3 is 11.9 Å². The predicted octanol–water partition coefficient (Wildman–Crippen LogP) is 4.86. The molecule has 1 heterocycles. The third-order valence-electron chi connectivity index (χ3n) is 5.73. The standard InChI is InChI=1S/C17H14Cl2F2N2O.C8H13NO6.C5H12/c18-13-3-9(1-2-15(13)20)11-6-22-7-12(11)10-4-16(21)14(19)5-17(10)23-8-24;10-5-9-2-1-6(11)4-15-8(14)3-7(12)13;1-5(2,3)4/h1-5,8,11-12,22H,6-7H2,(H,23,24);5-6,11H,1-4H2,(H,9,10)(H,12,13);1-4H3. The van der Waals surface area contributed by atoms with Gasteiger partial charge in [0.2, 0.25) is 12.8 Å². The fourth-order valence-corrected chi connectivity index (χ4v) is 4.26. The Hall–Kier alpha value is -3.32. The van der Waals surface area contributed by atoms with Crippen LogP contribution in [-0.2, 0) is 23.9 Å². The molecule has 0 radical (unpaired) electrons. The normalized spacial score (nSPS) is 16.3. The number of aliphatic carboxylic acids is 1. The minimum Gasteiger partial charge on any atom is -0.481 e. The lowest BCUT2D eigenvalue weighted by molar-refractivity contribution is -0.153. The van der Waals surface area contributed by atoms with Crippen LogP contribution in [0.2, 0.25) is 10.0 Å². The van der Waals surface area contributed by atoms with E-state index in [0.29, 0.717) is 42.6 Å². The molecule has 3 unspecified atom stereocenters. The van der Waals surface area contributed by atoms with Gasteiger partial charge in [-0.25, -0.2) is 8.78 Å². The Morgan fingerprint density at radius 2 is 1.66 bits per heavy atom. The van der Waals surface area contributed by atoms with Crippen molar-refractivity contribution in [1.82, 2.24) is 10.6 Å². The first-order valence-electron chi connectivity index (χ1n) is 13.6. The van der Waals surface area contributed by atoms with E-state index in [1.165, 1.54) is 18.2 Å². The largest absolute Gasteiger partial charge is 0.481 e. The van der Waals surface area contributed by atoms with Crippen LogP contribution in [0.25, 0.3) is 0 Å². The summed E-state index contributed by atoms with van der Waals surface area (Å²) in [4.78, 5) is 41.4. The van der Waals surface area contributed by atoms with Crippen LogP contribution in [-0.4, -0.2) is 67.3 Å². The second kappa shape index (κ2) is 19.1. The molecule has 3 rings (SSSR count). The van der Waals surface area contributed by atoms with E-state index in [4.69, 9.17) is 28.3 Å². The van der Waals surface area contributed by atoms with Gasteiger partial charge in [0.1, 0.15) is 24.7 Å². The number of carboxylic acids is 1. The average molecular weight is 663 g/mol. The van der Waals surface area contributed by atoms with Crippen molar-refractivity contribution in [3.8, 4) is 0 Å². The van der Waals surface area contributed by atoms with Crippen molar-refractivity contribution in [1.29, 1.82) is 0 Å². The third kappa shape index (κ3) is 14.9. The summed E-state index contributed by atoms with van der Waals surface area (Å²) >= 11 is 11.7. The Labute approximate surface area is 265 Å². The zero-order chi connectivity index (χ0) is 33.4. The number of anilines is 1. The topological polar surface area (TPSA) is 154 Å². The molecule has 1 aliphatic rings. The summed E-state index contributed by atoms with van der Waals surface area (Å²) in [6.07, 6.45) is -0.379. The van der Waals surface area contributed by atoms with Gasteiger partial charge in [0, 0.05) is 37.2 Å². The number of nitrogens with one attached hydrogen (secondary N) is 3. The smallest absolute Gasteiger partial charge is 0.317 e. The summed E-state index contributed by atoms with van der Waals surface area (Å²) in [5.41, 5.74) is 2.45. The molecule has 0 spiro atoms. The van der Waals surface area contributed by atoms with Gasteiger partial charge in [-0.05, 0) is 47.2 Å². The van der Waals surface area contributed by atoms with Crippen LogP contribution in [0, 0.1) is 17.0 Å². The molecule has 10 nitrogen and oxygen atoms in total. The van der Waals surface area contributed by atoms with Crippen LogP contribution in [0.5, 0.6) is 0 Å². The van der Waals surface area contributed by atoms with Crippen molar-refractivity contribution >= 4 is 53.6 Å². The molecular formula is C30H39Cl2F2N3O7. The van der Waals surface area contributed by atoms with Gasteiger partial charge in [0.25, 0.3) is 0 Å². The van der Waals surface area contributed by atoms with Crippen molar-refractivity contribution in [2.24, 2.45) is 5.41 Å². The Kier molecular flexibility index (Phi) is 16.8. The molecule has 2 aromatic carbocycles. The predicted molar refractivity (Wildman–Crippen MR) is 164 cm³/mol. The number of carbonyl (C=O) groups excluding carboxylic acids is 3. The molecule has 5 N–H and O–H groups in total. The van der Waals surface area contributed by atoms with E-state index in [2.05, 4.69) is 48.4 Å². The summed E-state index contributed by atoms with van der Waals surface area (Å²) in [7, 11) is 0. The molecule has 0 aliphatic carbocycles. The van der Waals surface area contributed by atoms with Crippen LogP contribution in [0.4, 0.5) is 14.5 Å². The van der Waals surface area contributed by atoms with Gasteiger partial charge in [-0.3, -0.25) is 19.2 Å². The highest BCUT2D eigenvalue weighted by Crippen LogP contribution is 2.41. The van der Waals surface area contributed by atoms with Crippen molar-refractivity contribution < 1.29 is 42.9 Å². The number of carboxylic acid groups (broad SMARTS) is 1. The van der Waals surface area contributed by atoms with Gasteiger partial charge in [0.05, 0.1) is 16.1 Å². The summed E-state index contributed by atoms with van der Waals surface area (Å²) in [6.45, 7) is 9.97. The number of benzene rings is 2. The lowest BCUT2D eigenvalue weighted by Crippen LogP contribution is -2.24. The third-order valence-corrected chi connectivity index (χ3v) is 6.31. The number of aliphatic hydroxyl groups is 1. The molecule has 44 heavy (non-hydrogen) atoms. The number of rotatable bonds is 12. The fourth-order valence-electron chi connectivity index (χ4n) is 3.91. The first kappa shape index (κ1) is 38.7. The molecule has 0 bridgehead atoms. The van der Waals surface area contributed by atoms with Crippen LogP contribution in [0.3, 0.4) is 0 Å². The molecule has 244 valence electrons. The van der Waals surface area contributed by atoms with Gasteiger partial charge in [-0.15, -0.1) is 0 Å². The fraction of sp³-hybridized carbons (Fsp3) is 0.467. The van der Waals surface area contributed by atoms with Crippen LogP contribution in [0.15, 0.2) is 30.3 Å². The minimum absolute atomic E-state index is 0.0316. The Bertz CT molecular complexity index is 1260. The number of ether oxygens (including phenoxy) is 1. The lowest BCUT2D eigenvalue weighted by Gasteiger charge is -2.22. The van der Waals surface area contributed by atoms with E-state index in [1.807, 2.05) is 0 Å². The van der Waals surface area contributed by atoms with E-state index < -0.39 is 36.1 Å². The van der Waals surface area contributed by atoms with E-state index >= 15 is 0 Å². The maximum absolute atomic E-state index is 14.0. The minimum atomic E-state index is -1.28. The summed E-state index contributed by atoms with van der Waals surface area (Å²) in [6, 6.07) is 7.31. The monoisotopic (exact) mass is 661 g/mol. The molecule has 2 aromatic rings. The summed E-state index contributed by atoms with van der Waals surface area (Å²) < 4.78 is 31.8. The van der Waals surface area contributed by atoms with E-state index in [0.717, 1.165) is 5.56 Å². The molecule has 2 amide bonds. The highest BCUT2D eigenvalue weighted by atomic mass is 35.5. The highest BCUT2D eigenvalue weighted by molar-refractivity contribution is 6.31. The number of carbonyl (C=O) groups is 4. The SMILES string of the molecule is CC(C)(C)C.O=CNCCC(O)COC(=O)CC(=O)O.O=CNc1cc(Cl)c(F)cc1C1CNCC1c1ccc(F)c(Cl)c1. The zero-order valence-electron chi connectivity index (χ0n) is 25.0. The second-order valence-corrected chi connectivity index (χ2v) is 12.2. The number of hydrogen-bond donors (Lipinski definition) is 5. The highest BCUT2D eigenvalue weighted by Gasteiger charge is 2.32. The van der Waals surface area contributed by atoms with Crippen LogP contribution in [0.1, 0.15) is 63.5 Å². The maximum Gasteiger partial charge on any atom is 0.317 e. The molecule has 3 atom stereocenters.